The second-order valence-electron chi connectivity index (χ2n) is 5.02. The van der Waals surface area contributed by atoms with Gasteiger partial charge in [-0.2, -0.15) is 17.5 Å². The summed E-state index contributed by atoms with van der Waals surface area (Å²) in [7, 11) is -4.34. The molecular weight excluding hydrogens is 382 g/mol. The zero-order chi connectivity index (χ0) is 17.6. The average Bonchev–Trinajstić information content (AvgIpc) is 2.83. The molecule has 23 heavy (non-hydrogen) atoms. The van der Waals surface area contributed by atoms with Crippen LogP contribution < -0.4 is 0 Å². The van der Waals surface area contributed by atoms with Gasteiger partial charge in [0.05, 0.1) is 16.7 Å². The van der Waals surface area contributed by atoms with Crippen LogP contribution in [0.25, 0.3) is 0 Å². The number of carboxylic acids is 1. The van der Waals surface area contributed by atoms with Gasteiger partial charge in [-0.15, -0.1) is 0 Å². The summed E-state index contributed by atoms with van der Waals surface area (Å²) in [4.78, 5) is 10.6. The van der Waals surface area contributed by atoms with E-state index >= 15 is 0 Å². The molecule has 0 radical (unpaired) electrons. The molecule has 0 saturated carbocycles. The molecule has 1 heterocycles. The summed E-state index contributed by atoms with van der Waals surface area (Å²) in [6.07, 6.45) is -4.82. The van der Waals surface area contributed by atoms with Crippen LogP contribution >= 0.6 is 23.2 Å². The lowest BCUT2D eigenvalue weighted by Gasteiger charge is -2.18. The van der Waals surface area contributed by atoms with Gasteiger partial charge in [-0.1, -0.05) is 23.2 Å². The minimum atomic E-state index is -4.82. The second kappa shape index (κ2) is 6.12. The maximum Gasteiger partial charge on any atom is 0.393 e. The van der Waals surface area contributed by atoms with Gasteiger partial charge in [0.2, 0.25) is 10.0 Å². The third-order valence-corrected chi connectivity index (χ3v) is 5.74. The number of sulfonamides is 1. The van der Waals surface area contributed by atoms with E-state index in [0.29, 0.717) is 4.31 Å². The van der Waals surface area contributed by atoms with E-state index in [1.54, 1.807) is 0 Å². The fraction of sp³-hybridized carbons (Fsp3) is 0.417. The predicted molar refractivity (Wildman–Crippen MR) is 75.9 cm³/mol. The van der Waals surface area contributed by atoms with Crippen LogP contribution in [0.15, 0.2) is 23.1 Å². The first kappa shape index (κ1) is 18.3. The molecule has 0 aromatic heterocycles. The van der Waals surface area contributed by atoms with Crippen LogP contribution in [0.3, 0.4) is 0 Å². The molecule has 128 valence electrons. The molecule has 11 heteroatoms. The van der Waals surface area contributed by atoms with E-state index < -0.39 is 47.1 Å². The number of hydrogen-bond acceptors (Lipinski definition) is 3. The monoisotopic (exact) mass is 391 g/mol. The quantitative estimate of drug-likeness (QED) is 0.859. The summed E-state index contributed by atoms with van der Waals surface area (Å²) in [5.74, 6) is -5.84. The average molecular weight is 392 g/mol. The van der Waals surface area contributed by atoms with E-state index in [4.69, 9.17) is 28.3 Å². The second-order valence-corrected chi connectivity index (χ2v) is 7.83. The molecule has 0 bridgehead atoms. The van der Waals surface area contributed by atoms with Crippen LogP contribution in [-0.4, -0.2) is 43.1 Å². The van der Waals surface area contributed by atoms with E-state index in [1.165, 1.54) is 6.07 Å². The molecule has 1 fully saturated rings. The number of carbonyl (C=O) groups is 1. The summed E-state index contributed by atoms with van der Waals surface area (Å²) in [6, 6.07) is 3.35. The Kier molecular flexibility index (Phi) is 4.87. The molecule has 1 saturated heterocycles. The number of carboxylic acid groups (broad SMARTS) is 1. The van der Waals surface area contributed by atoms with Crippen molar-refractivity contribution < 1.29 is 31.5 Å². The standard InChI is InChI=1S/C12H10Cl2F3NO4S/c13-6-1-7(14)3-8(2-6)23(21,22)18-4-9(11(19)20)10(5-18)12(15,16)17/h1-3,9-10H,4-5H2,(H,19,20)/t9-,10-/m1/s1. The largest absolute Gasteiger partial charge is 0.481 e. The Morgan fingerprint density at radius 1 is 1.17 bits per heavy atom. The van der Waals surface area contributed by atoms with Gasteiger partial charge in [0.15, 0.2) is 0 Å². The molecule has 2 rings (SSSR count). The Bertz CT molecular complexity index is 718. The Labute approximate surface area is 139 Å². The van der Waals surface area contributed by atoms with E-state index in [-0.39, 0.29) is 14.9 Å². The van der Waals surface area contributed by atoms with Gasteiger partial charge >= 0.3 is 12.1 Å². The number of alkyl halides is 3. The zero-order valence-electron chi connectivity index (χ0n) is 11.2. The van der Waals surface area contributed by atoms with Gasteiger partial charge in [0.25, 0.3) is 0 Å². The number of hydrogen-bond donors (Lipinski definition) is 1. The van der Waals surface area contributed by atoms with Crippen molar-refractivity contribution >= 4 is 39.2 Å². The van der Waals surface area contributed by atoms with Crippen LogP contribution in [0.2, 0.25) is 10.0 Å². The van der Waals surface area contributed by atoms with Crippen LogP contribution in [0.1, 0.15) is 0 Å². The number of nitrogens with zero attached hydrogens (tertiary/aromatic N) is 1. The highest BCUT2D eigenvalue weighted by Crippen LogP contribution is 2.40. The zero-order valence-corrected chi connectivity index (χ0v) is 13.5. The van der Waals surface area contributed by atoms with E-state index in [1.807, 2.05) is 0 Å². The number of aliphatic carboxylic acids is 1. The Hall–Kier alpha value is -1.03. The highest BCUT2D eigenvalue weighted by molar-refractivity contribution is 7.89. The highest BCUT2D eigenvalue weighted by Gasteiger charge is 2.54. The van der Waals surface area contributed by atoms with Crippen LogP contribution in [0, 0.1) is 11.8 Å². The van der Waals surface area contributed by atoms with Gasteiger partial charge in [0.1, 0.15) is 0 Å². The predicted octanol–water partition coefficient (Wildman–Crippen LogP) is 2.88. The minimum Gasteiger partial charge on any atom is -0.481 e. The lowest BCUT2D eigenvalue weighted by Crippen LogP contribution is -2.34. The normalized spacial score (nSPS) is 23.2. The number of rotatable bonds is 3. The molecule has 0 unspecified atom stereocenters. The Morgan fingerprint density at radius 3 is 2.09 bits per heavy atom. The van der Waals surface area contributed by atoms with Crippen molar-refractivity contribution in [3.63, 3.8) is 0 Å². The van der Waals surface area contributed by atoms with Crippen molar-refractivity contribution in [2.45, 2.75) is 11.1 Å². The smallest absolute Gasteiger partial charge is 0.393 e. The summed E-state index contributed by atoms with van der Waals surface area (Å²) in [5.41, 5.74) is 0. The Morgan fingerprint density at radius 2 is 1.70 bits per heavy atom. The van der Waals surface area contributed by atoms with Crippen LogP contribution in [0.5, 0.6) is 0 Å². The molecule has 1 N–H and O–H groups in total. The first-order valence-electron chi connectivity index (χ1n) is 6.18. The first-order chi connectivity index (χ1) is 10.4. The highest BCUT2D eigenvalue weighted by atomic mass is 35.5. The van der Waals surface area contributed by atoms with Crippen molar-refractivity contribution in [1.82, 2.24) is 4.31 Å². The van der Waals surface area contributed by atoms with Crippen molar-refractivity contribution in [3.05, 3.63) is 28.2 Å². The number of halogens is 5. The molecule has 0 amide bonds. The van der Waals surface area contributed by atoms with Gasteiger partial charge < -0.3 is 5.11 Å². The Balaban J connectivity index is 2.40. The first-order valence-corrected chi connectivity index (χ1v) is 8.38. The topological polar surface area (TPSA) is 74.7 Å². The lowest BCUT2D eigenvalue weighted by atomic mass is 9.96. The van der Waals surface area contributed by atoms with E-state index in [9.17, 15) is 26.4 Å². The van der Waals surface area contributed by atoms with Crippen molar-refractivity contribution in [2.24, 2.45) is 11.8 Å². The molecule has 0 spiro atoms. The third kappa shape index (κ3) is 3.73. The molecular formula is C12H10Cl2F3NO4S. The van der Waals surface area contributed by atoms with Crippen LogP contribution in [0.4, 0.5) is 13.2 Å². The third-order valence-electron chi connectivity index (χ3n) is 3.50. The van der Waals surface area contributed by atoms with Crippen molar-refractivity contribution in [2.75, 3.05) is 13.1 Å². The van der Waals surface area contributed by atoms with Crippen molar-refractivity contribution in [3.8, 4) is 0 Å². The molecule has 1 aromatic carbocycles. The fourth-order valence-corrected chi connectivity index (χ4v) is 4.59. The summed E-state index contributed by atoms with van der Waals surface area (Å²) >= 11 is 11.4. The minimum absolute atomic E-state index is 0.00238. The van der Waals surface area contributed by atoms with Gasteiger partial charge in [-0.25, -0.2) is 8.42 Å². The van der Waals surface area contributed by atoms with Gasteiger partial charge in [-0.3, -0.25) is 4.79 Å². The molecule has 2 atom stereocenters. The SMILES string of the molecule is O=C(O)[C@@H]1CN(S(=O)(=O)c2cc(Cl)cc(Cl)c2)C[C@H]1C(F)(F)F. The molecule has 1 aliphatic rings. The fourth-order valence-electron chi connectivity index (χ4n) is 2.37. The molecule has 1 aliphatic heterocycles. The maximum atomic E-state index is 12.9. The maximum absolute atomic E-state index is 12.9. The van der Waals surface area contributed by atoms with Crippen molar-refractivity contribution in [1.29, 1.82) is 0 Å². The van der Waals surface area contributed by atoms with E-state index in [0.717, 1.165) is 12.1 Å². The summed E-state index contributed by atoms with van der Waals surface area (Å²) in [5, 5.41) is 8.92. The molecule has 0 aliphatic carbocycles. The van der Waals surface area contributed by atoms with Gasteiger partial charge in [0, 0.05) is 23.1 Å². The number of benzene rings is 1. The summed E-state index contributed by atoms with van der Waals surface area (Å²) in [6.45, 7) is -1.74. The molecule has 1 aromatic rings. The lowest BCUT2D eigenvalue weighted by molar-refractivity contribution is -0.187. The van der Waals surface area contributed by atoms with E-state index in [2.05, 4.69) is 0 Å². The van der Waals surface area contributed by atoms with Crippen LogP contribution in [-0.2, 0) is 14.8 Å². The van der Waals surface area contributed by atoms with Gasteiger partial charge in [-0.05, 0) is 18.2 Å². The summed E-state index contributed by atoms with van der Waals surface area (Å²) < 4.78 is 64.2. The molecule has 5 nitrogen and oxygen atoms in total.